The Morgan fingerprint density at radius 2 is 1.76 bits per heavy atom. The molecule has 0 aliphatic rings. The molecule has 0 aromatic heterocycles. The molecule has 0 aliphatic heterocycles. The van der Waals surface area contributed by atoms with Gasteiger partial charge in [-0.15, -0.1) is 0 Å². The van der Waals surface area contributed by atoms with E-state index in [1.807, 2.05) is 10.0 Å². The second-order valence-corrected chi connectivity index (χ2v) is 6.60. The summed E-state index contributed by atoms with van der Waals surface area (Å²) >= 11 is 0. The van der Waals surface area contributed by atoms with Gasteiger partial charge in [0.15, 0.2) is 6.10 Å². The molecule has 0 unspecified atom stereocenters. The molecule has 11 heteroatoms. The van der Waals surface area contributed by atoms with Gasteiger partial charge in [-0.1, -0.05) is 12.1 Å². The molecule has 0 aliphatic carbocycles. The molecule has 1 rings (SSSR count). The van der Waals surface area contributed by atoms with Crippen molar-refractivity contribution < 1.29 is 31.9 Å². The smallest absolute Gasteiger partial charge is 0.324 e. The summed E-state index contributed by atoms with van der Waals surface area (Å²) in [4.78, 5) is 33.9. The quantitative estimate of drug-likeness (QED) is 0.594. The number of nitrogens with one attached hydrogen (secondary N) is 3. The molecular weight excluding hydrogens is 357 g/mol. The molecule has 0 saturated carbocycles. The second kappa shape index (κ2) is 8.53. The third kappa shape index (κ3) is 5.80. The average molecular weight is 375 g/mol. The number of carbonyl (C=O) groups is 3. The maximum atomic E-state index is 13.6. The summed E-state index contributed by atoms with van der Waals surface area (Å²) in [7, 11) is -3.01. The van der Waals surface area contributed by atoms with E-state index in [2.05, 4.69) is 5.32 Å². The molecule has 138 valence electrons. The first-order valence-corrected chi connectivity index (χ1v) is 8.56. The Balaban J connectivity index is 2.72. The monoisotopic (exact) mass is 375 g/mol. The number of urea groups is 1. The summed E-state index contributed by atoms with van der Waals surface area (Å²) in [6.45, 7) is 2.37. The summed E-state index contributed by atoms with van der Waals surface area (Å²) in [5, 5.41) is 4.04. The summed E-state index contributed by atoms with van der Waals surface area (Å²) in [5.41, 5.74) is 0. The number of esters is 1. The number of halogens is 1. The number of carbonyl (C=O) groups excluding carboxylic acids is 3. The van der Waals surface area contributed by atoms with E-state index in [4.69, 9.17) is 4.74 Å². The van der Waals surface area contributed by atoms with Crippen LogP contribution in [0.3, 0.4) is 0 Å². The number of benzene rings is 1. The fourth-order valence-electron chi connectivity index (χ4n) is 1.61. The number of sulfonamides is 1. The van der Waals surface area contributed by atoms with Crippen LogP contribution in [0.2, 0.25) is 0 Å². The first-order valence-electron chi connectivity index (χ1n) is 7.08. The lowest BCUT2D eigenvalue weighted by atomic mass is 10.3. The Morgan fingerprint density at radius 3 is 2.32 bits per heavy atom. The van der Waals surface area contributed by atoms with Crippen molar-refractivity contribution in [3.05, 3.63) is 30.1 Å². The van der Waals surface area contributed by atoms with Crippen LogP contribution in [-0.4, -0.2) is 45.5 Å². The number of rotatable bonds is 6. The van der Waals surface area contributed by atoms with Gasteiger partial charge in [0.1, 0.15) is 16.8 Å². The Morgan fingerprint density at radius 1 is 1.16 bits per heavy atom. The lowest BCUT2D eigenvalue weighted by Gasteiger charge is -2.17. The van der Waals surface area contributed by atoms with Crippen molar-refractivity contribution in [2.75, 3.05) is 7.05 Å². The van der Waals surface area contributed by atoms with Crippen LogP contribution in [0.1, 0.15) is 13.8 Å². The Kier molecular flexibility index (Phi) is 7.00. The van der Waals surface area contributed by atoms with E-state index >= 15 is 0 Å². The minimum Gasteiger partial charge on any atom is -0.451 e. The van der Waals surface area contributed by atoms with Gasteiger partial charge < -0.3 is 10.1 Å². The van der Waals surface area contributed by atoms with E-state index in [1.54, 1.807) is 0 Å². The lowest BCUT2D eigenvalue weighted by Crippen LogP contribution is -2.46. The third-order valence-electron chi connectivity index (χ3n) is 2.94. The maximum absolute atomic E-state index is 13.6. The van der Waals surface area contributed by atoms with Gasteiger partial charge in [0.2, 0.25) is 10.0 Å². The van der Waals surface area contributed by atoms with Gasteiger partial charge >= 0.3 is 12.0 Å². The molecule has 3 N–H and O–H groups in total. The highest BCUT2D eigenvalue weighted by Gasteiger charge is 2.28. The normalized spacial score (nSPS) is 13.4. The predicted octanol–water partition coefficient (Wildman–Crippen LogP) is -0.120. The largest absolute Gasteiger partial charge is 0.451 e. The van der Waals surface area contributed by atoms with Gasteiger partial charge in [-0.3, -0.25) is 14.9 Å². The van der Waals surface area contributed by atoms with Crippen molar-refractivity contribution in [2.24, 2.45) is 0 Å². The van der Waals surface area contributed by atoms with Gasteiger partial charge in [-0.2, -0.15) is 4.72 Å². The SMILES string of the molecule is CNC(=O)NC(=O)[C@H](C)OC(=O)[C@H](C)NS(=O)(=O)c1ccccc1F. The van der Waals surface area contributed by atoms with E-state index in [0.717, 1.165) is 12.1 Å². The number of hydrogen-bond donors (Lipinski definition) is 3. The minimum atomic E-state index is -4.30. The van der Waals surface area contributed by atoms with Crippen LogP contribution in [-0.2, 0) is 24.3 Å². The van der Waals surface area contributed by atoms with E-state index in [1.165, 1.54) is 33.0 Å². The first-order chi connectivity index (χ1) is 11.6. The van der Waals surface area contributed by atoms with Crippen molar-refractivity contribution in [1.82, 2.24) is 15.4 Å². The highest BCUT2D eigenvalue weighted by atomic mass is 32.2. The fourth-order valence-corrected chi connectivity index (χ4v) is 2.88. The fraction of sp³-hybridized carbons (Fsp3) is 0.357. The van der Waals surface area contributed by atoms with Crippen LogP contribution >= 0.6 is 0 Å². The molecule has 0 radical (unpaired) electrons. The van der Waals surface area contributed by atoms with Crippen LogP contribution < -0.4 is 15.4 Å². The topological polar surface area (TPSA) is 131 Å². The standard InChI is InChI=1S/C14H18FN3O6S/c1-8(13(20)24-9(2)12(19)17-14(21)16-3)18-25(22,23)11-7-5-4-6-10(11)15/h4-9,18H,1-3H3,(H2,16,17,19,21)/t8-,9-/m0/s1. The molecule has 9 nitrogen and oxygen atoms in total. The molecule has 2 atom stereocenters. The zero-order valence-electron chi connectivity index (χ0n) is 13.7. The molecule has 0 bridgehead atoms. The molecule has 1 aromatic carbocycles. The molecular formula is C14H18FN3O6S. The van der Waals surface area contributed by atoms with E-state index in [-0.39, 0.29) is 0 Å². The number of ether oxygens (including phenoxy) is 1. The van der Waals surface area contributed by atoms with Gasteiger partial charge in [0.25, 0.3) is 5.91 Å². The van der Waals surface area contributed by atoms with Gasteiger partial charge in [-0.05, 0) is 26.0 Å². The molecule has 0 fully saturated rings. The summed E-state index contributed by atoms with van der Waals surface area (Å²) in [6.07, 6.45) is -1.34. The van der Waals surface area contributed by atoms with Crippen LogP contribution in [0.5, 0.6) is 0 Å². The first kappa shape index (κ1) is 20.5. The minimum absolute atomic E-state index is 0.625. The third-order valence-corrected chi connectivity index (χ3v) is 4.51. The summed E-state index contributed by atoms with van der Waals surface area (Å²) in [5.74, 6) is -2.94. The van der Waals surface area contributed by atoms with Gasteiger partial charge in [0.05, 0.1) is 0 Å². The predicted molar refractivity (Wildman–Crippen MR) is 84.3 cm³/mol. The van der Waals surface area contributed by atoms with E-state index in [0.29, 0.717) is 0 Å². The van der Waals surface area contributed by atoms with E-state index < -0.39 is 50.8 Å². The van der Waals surface area contributed by atoms with Crippen molar-refractivity contribution in [3.63, 3.8) is 0 Å². The summed E-state index contributed by atoms with van der Waals surface area (Å²) in [6, 6.07) is 2.46. The average Bonchev–Trinajstić information content (AvgIpc) is 2.54. The van der Waals surface area contributed by atoms with Crippen LogP contribution in [0.4, 0.5) is 9.18 Å². The lowest BCUT2D eigenvalue weighted by molar-refractivity contribution is -0.155. The number of imide groups is 1. The molecule has 25 heavy (non-hydrogen) atoms. The highest BCUT2D eigenvalue weighted by molar-refractivity contribution is 7.89. The van der Waals surface area contributed by atoms with E-state index in [9.17, 15) is 27.2 Å². The zero-order chi connectivity index (χ0) is 19.2. The van der Waals surface area contributed by atoms with Crippen molar-refractivity contribution in [1.29, 1.82) is 0 Å². The molecule has 0 saturated heterocycles. The van der Waals surface area contributed by atoms with Gasteiger partial charge in [0, 0.05) is 7.05 Å². The zero-order valence-corrected chi connectivity index (χ0v) is 14.5. The van der Waals surface area contributed by atoms with Crippen LogP contribution in [0.15, 0.2) is 29.2 Å². The molecule has 1 aromatic rings. The molecule has 0 heterocycles. The number of hydrogen-bond acceptors (Lipinski definition) is 6. The van der Waals surface area contributed by atoms with Crippen LogP contribution in [0, 0.1) is 5.82 Å². The van der Waals surface area contributed by atoms with Crippen molar-refractivity contribution >= 4 is 27.9 Å². The number of amides is 3. The Bertz CT molecular complexity index is 768. The van der Waals surface area contributed by atoms with Gasteiger partial charge in [-0.25, -0.2) is 17.6 Å². The highest BCUT2D eigenvalue weighted by Crippen LogP contribution is 2.14. The molecule has 3 amide bonds. The Labute approximate surface area is 144 Å². The van der Waals surface area contributed by atoms with Crippen LogP contribution in [0.25, 0.3) is 0 Å². The summed E-state index contributed by atoms with van der Waals surface area (Å²) < 4.78 is 44.5. The second-order valence-electron chi connectivity index (χ2n) is 4.92. The van der Waals surface area contributed by atoms with Crippen molar-refractivity contribution in [2.45, 2.75) is 30.9 Å². The Hall–Kier alpha value is -2.53. The maximum Gasteiger partial charge on any atom is 0.324 e. The molecule has 0 spiro atoms. The van der Waals surface area contributed by atoms with Crippen molar-refractivity contribution in [3.8, 4) is 0 Å².